The summed E-state index contributed by atoms with van der Waals surface area (Å²) < 4.78 is 20.1. The Kier molecular flexibility index (Phi) is 7.97. The molecule has 2 heterocycles. The zero-order chi connectivity index (χ0) is 28.0. The second-order valence-electron chi connectivity index (χ2n) is 10.1. The van der Waals surface area contributed by atoms with Gasteiger partial charge in [0.25, 0.3) is 0 Å². The van der Waals surface area contributed by atoms with E-state index in [1.807, 2.05) is 91.0 Å². The van der Waals surface area contributed by atoms with Crippen LogP contribution in [0.4, 0.5) is 5.95 Å². The summed E-state index contributed by atoms with van der Waals surface area (Å²) in [5, 5.41) is 0. The van der Waals surface area contributed by atoms with Crippen LogP contribution in [-0.2, 0) is 34.1 Å². The lowest BCUT2D eigenvalue weighted by Crippen LogP contribution is -2.28. The van der Waals surface area contributed by atoms with Gasteiger partial charge in [0.1, 0.15) is 6.61 Å². The summed E-state index contributed by atoms with van der Waals surface area (Å²) in [6.07, 6.45) is 1.73. The third kappa shape index (κ3) is 6.11. The van der Waals surface area contributed by atoms with Crippen LogP contribution in [0.2, 0.25) is 0 Å². The average Bonchev–Trinajstić information content (AvgIpc) is 3.56. The molecule has 0 unspecified atom stereocenters. The van der Waals surface area contributed by atoms with E-state index in [1.54, 1.807) is 10.9 Å². The van der Waals surface area contributed by atoms with Crippen molar-refractivity contribution < 1.29 is 19.0 Å². The van der Waals surface area contributed by atoms with E-state index < -0.39 is 12.0 Å². The van der Waals surface area contributed by atoms with Gasteiger partial charge in [0.2, 0.25) is 11.8 Å². The second-order valence-corrected chi connectivity index (χ2v) is 10.1. The van der Waals surface area contributed by atoms with Gasteiger partial charge in [0.05, 0.1) is 44.2 Å². The normalized spacial score (nSPS) is 18.6. The number of imidazole rings is 1. The number of carbonyl (C=O) groups is 1. The predicted octanol–water partition coefficient (Wildman–Crippen LogP) is 4.92. The molecule has 1 fully saturated rings. The van der Waals surface area contributed by atoms with E-state index in [1.165, 1.54) is 0 Å². The Morgan fingerprint density at radius 1 is 0.805 bits per heavy atom. The van der Waals surface area contributed by atoms with Crippen molar-refractivity contribution in [1.29, 1.82) is 0 Å². The number of nitrogens with zero attached hydrogens (tertiary/aromatic N) is 4. The van der Waals surface area contributed by atoms with Crippen LogP contribution in [-0.4, -0.2) is 38.0 Å². The molecule has 0 spiro atoms. The smallest absolute Gasteiger partial charge is 0.247 e. The van der Waals surface area contributed by atoms with Crippen molar-refractivity contribution in [3.05, 3.63) is 114 Å². The molecule has 41 heavy (non-hydrogen) atoms. The Hall–Kier alpha value is -4.60. The Labute approximate surface area is 237 Å². The molecule has 208 valence electrons. The van der Waals surface area contributed by atoms with E-state index in [0.29, 0.717) is 37.4 Å². The average molecular weight is 550 g/mol. The number of ketones is 1. The third-order valence-electron chi connectivity index (χ3n) is 7.27. The van der Waals surface area contributed by atoms with E-state index in [2.05, 4.69) is 15.0 Å². The number of anilines is 1. The fourth-order valence-electron chi connectivity index (χ4n) is 5.17. The predicted molar refractivity (Wildman–Crippen MR) is 154 cm³/mol. The van der Waals surface area contributed by atoms with Gasteiger partial charge in [-0.25, -0.2) is 4.98 Å². The number of rotatable bonds is 11. The minimum Gasteiger partial charge on any atom is -0.471 e. The molecule has 9 heteroatoms. The number of nitrogens with two attached hydrogens (primary N) is 1. The number of benzene rings is 3. The summed E-state index contributed by atoms with van der Waals surface area (Å²) in [6, 6.07) is 29.1. The van der Waals surface area contributed by atoms with Gasteiger partial charge < -0.3 is 24.5 Å². The van der Waals surface area contributed by atoms with Gasteiger partial charge in [-0.05, 0) is 16.7 Å². The third-order valence-corrected chi connectivity index (χ3v) is 7.27. The Morgan fingerprint density at radius 2 is 1.41 bits per heavy atom. The zero-order valence-corrected chi connectivity index (χ0v) is 22.5. The minimum atomic E-state index is -0.539. The maximum absolute atomic E-state index is 13.9. The first-order valence-electron chi connectivity index (χ1n) is 13.6. The van der Waals surface area contributed by atoms with E-state index in [4.69, 9.17) is 19.9 Å². The summed E-state index contributed by atoms with van der Waals surface area (Å²) >= 11 is 0. The number of carbonyl (C=O) groups excluding carboxylic acids is 1. The van der Waals surface area contributed by atoms with Crippen LogP contribution in [0, 0.1) is 5.92 Å². The van der Waals surface area contributed by atoms with Crippen molar-refractivity contribution in [1.82, 2.24) is 19.5 Å². The SMILES string of the molecule is Nc1nc(OCc2ccccc2)c2ncn([C@H]3C[C@H](OCc4ccccc4)[C@@H](COCc4ccccc4)C3=O)c2n1. The second kappa shape index (κ2) is 12.3. The Bertz CT molecular complexity index is 1590. The molecule has 0 aliphatic heterocycles. The molecule has 0 saturated heterocycles. The van der Waals surface area contributed by atoms with Gasteiger partial charge in [-0.3, -0.25) is 4.79 Å². The van der Waals surface area contributed by atoms with Crippen LogP contribution in [0.15, 0.2) is 97.3 Å². The van der Waals surface area contributed by atoms with Gasteiger partial charge in [-0.15, -0.1) is 0 Å². The monoisotopic (exact) mass is 549 g/mol. The molecule has 1 aliphatic carbocycles. The fourth-order valence-corrected chi connectivity index (χ4v) is 5.17. The molecule has 5 aromatic rings. The molecular weight excluding hydrogens is 518 g/mol. The van der Waals surface area contributed by atoms with Crippen LogP contribution in [0.3, 0.4) is 0 Å². The molecular formula is C32H31N5O4. The van der Waals surface area contributed by atoms with Crippen molar-refractivity contribution in [2.24, 2.45) is 5.92 Å². The van der Waals surface area contributed by atoms with Crippen LogP contribution in [0.1, 0.15) is 29.2 Å². The summed E-state index contributed by atoms with van der Waals surface area (Å²) in [4.78, 5) is 27.1. The van der Waals surface area contributed by atoms with Crippen molar-refractivity contribution in [2.45, 2.75) is 38.4 Å². The van der Waals surface area contributed by atoms with Crippen molar-refractivity contribution in [2.75, 3.05) is 12.3 Å². The molecule has 9 nitrogen and oxygen atoms in total. The summed E-state index contributed by atoms with van der Waals surface area (Å²) in [5.41, 5.74) is 10.0. The lowest BCUT2D eigenvalue weighted by atomic mass is 10.1. The van der Waals surface area contributed by atoms with Crippen molar-refractivity contribution >= 4 is 22.9 Å². The maximum atomic E-state index is 13.9. The van der Waals surface area contributed by atoms with Gasteiger partial charge in [0.15, 0.2) is 16.9 Å². The minimum absolute atomic E-state index is 0.0133. The topological polar surface area (TPSA) is 114 Å². The summed E-state index contributed by atoms with van der Waals surface area (Å²) in [7, 11) is 0. The number of hydrogen-bond donors (Lipinski definition) is 1. The molecule has 0 radical (unpaired) electrons. The zero-order valence-electron chi connectivity index (χ0n) is 22.5. The molecule has 3 aromatic carbocycles. The first-order valence-corrected chi connectivity index (χ1v) is 13.6. The van der Waals surface area contributed by atoms with Crippen molar-refractivity contribution in [3.63, 3.8) is 0 Å². The van der Waals surface area contributed by atoms with Gasteiger partial charge in [-0.2, -0.15) is 9.97 Å². The van der Waals surface area contributed by atoms with E-state index in [9.17, 15) is 4.79 Å². The largest absolute Gasteiger partial charge is 0.471 e. The molecule has 0 bridgehead atoms. The van der Waals surface area contributed by atoms with Crippen molar-refractivity contribution in [3.8, 4) is 5.88 Å². The first kappa shape index (κ1) is 26.6. The standard InChI is InChI=1S/C32H31N5O4/c33-32-35-30-28(31(36-32)41-19-24-14-8-3-9-15-24)34-21-37(30)26-16-27(40-18-23-12-6-2-7-13-23)25(29(26)38)20-39-17-22-10-4-1-5-11-22/h1-15,21,25-27H,16-20H2,(H2,33,35,36)/t25-,26+,27+/m1/s1. The van der Waals surface area contributed by atoms with Crippen LogP contribution in [0.5, 0.6) is 5.88 Å². The maximum Gasteiger partial charge on any atom is 0.247 e. The van der Waals surface area contributed by atoms with E-state index in [-0.39, 0.29) is 30.3 Å². The highest BCUT2D eigenvalue weighted by atomic mass is 16.5. The van der Waals surface area contributed by atoms with E-state index in [0.717, 1.165) is 16.7 Å². The number of ether oxygens (including phenoxy) is 3. The Morgan fingerprint density at radius 3 is 2.07 bits per heavy atom. The van der Waals surface area contributed by atoms with E-state index >= 15 is 0 Å². The number of fused-ring (bicyclic) bond motifs is 1. The molecule has 3 atom stereocenters. The molecule has 1 saturated carbocycles. The molecule has 0 amide bonds. The van der Waals surface area contributed by atoms with Crippen LogP contribution < -0.4 is 10.5 Å². The number of hydrogen-bond acceptors (Lipinski definition) is 8. The molecule has 6 rings (SSSR count). The molecule has 1 aliphatic rings. The van der Waals surface area contributed by atoms with Gasteiger partial charge in [0, 0.05) is 6.42 Å². The fraction of sp³-hybridized carbons (Fsp3) is 0.250. The highest BCUT2D eigenvalue weighted by molar-refractivity contribution is 5.90. The highest BCUT2D eigenvalue weighted by Crippen LogP contribution is 2.37. The van der Waals surface area contributed by atoms with Gasteiger partial charge in [-0.1, -0.05) is 91.0 Å². The number of aromatic nitrogens is 4. The summed E-state index contributed by atoms with van der Waals surface area (Å²) in [5.74, 6) is -0.107. The highest BCUT2D eigenvalue weighted by Gasteiger charge is 2.44. The summed E-state index contributed by atoms with van der Waals surface area (Å²) in [6.45, 7) is 1.37. The Balaban J connectivity index is 1.23. The molecule has 2 aromatic heterocycles. The first-order chi connectivity index (χ1) is 20.2. The van der Waals surface area contributed by atoms with Crippen LogP contribution >= 0.6 is 0 Å². The quantitative estimate of drug-likeness (QED) is 0.247. The number of Topliss-reactive ketones (excluding diaryl/α,β-unsaturated/α-hetero) is 1. The molecule has 2 N–H and O–H groups in total. The lowest BCUT2D eigenvalue weighted by Gasteiger charge is -2.19. The lowest BCUT2D eigenvalue weighted by molar-refractivity contribution is -0.127. The van der Waals surface area contributed by atoms with Gasteiger partial charge >= 0.3 is 0 Å². The number of nitrogen functional groups attached to an aromatic ring is 1. The van der Waals surface area contributed by atoms with Crippen LogP contribution in [0.25, 0.3) is 11.2 Å².